The summed E-state index contributed by atoms with van der Waals surface area (Å²) in [6.07, 6.45) is 1.07. The van der Waals surface area contributed by atoms with Crippen molar-refractivity contribution in [1.82, 2.24) is 4.72 Å². The van der Waals surface area contributed by atoms with Crippen molar-refractivity contribution in [3.05, 3.63) is 29.8 Å². The second-order valence-corrected chi connectivity index (χ2v) is 6.51. The highest BCUT2D eigenvalue weighted by atomic mass is 79.9. The SMILES string of the molecule is CCC(CC)(CBr)NS(=O)(=O)c1cc(F)ccc1F. The predicted molar refractivity (Wildman–Crippen MR) is 73.8 cm³/mol. The number of benzene rings is 1. The number of hydrogen-bond donors (Lipinski definition) is 1. The van der Waals surface area contributed by atoms with E-state index in [9.17, 15) is 17.2 Å². The van der Waals surface area contributed by atoms with Gasteiger partial charge >= 0.3 is 0 Å². The quantitative estimate of drug-likeness (QED) is 0.796. The second-order valence-electron chi connectivity index (χ2n) is 4.30. The van der Waals surface area contributed by atoms with Crippen LogP contribution in [0.25, 0.3) is 0 Å². The lowest BCUT2D eigenvalue weighted by atomic mass is 9.97. The highest BCUT2D eigenvalue weighted by Crippen LogP contribution is 2.23. The van der Waals surface area contributed by atoms with Crippen molar-refractivity contribution in [2.75, 3.05) is 5.33 Å². The van der Waals surface area contributed by atoms with E-state index in [0.29, 0.717) is 24.2 Å². The Kier molecular flexibility index (Phi) is 5.46. The Balaban J connectivity index is 3.21. The van der Waals surface area contributed by atoms with Gasteiger partial charge in [-0.3, -0.25) is 0 Å². The Morgan fingerprint density at radius 2 is 1.84 bits per heavy atom. The average molecular weight is 356 g/mol. The molecule has 0 heterocycles. The van der Waals surface area contributed by atoms with Crippen LogP contribution in [0.3, 0.4) is 0 Å². The van der Waals surface area contributed by atoms with E-state index in [1.807, 2.05) is 13.8 Å². The number of sulfonamides is 1. The van der Waals surface area contributed by atoms with Crippen LogP contribution in [0.4, 0.5) is 8.78 Å². The van der Waals surface area contributed by atoms with Crippen LogP contribution < -0.4 is 4.72 Å². The first-order valence-corrected chi connectivity index (χ1v) is 8.45. The molecule has 1 aromatic carbocycles. The molecule has 19 heavy (non-hydrogen) atoms. The van der Waals surface area contributed by atoms with Gasteiger partial charge in [0.15, 0.2) is 0 Å². The van der Waals surface area contributed by atoms with Crippen molar-refractivity contribution in [3.8, 4) is 0 Å². The summed E-state index contributed by atoms with van der Waals surface area (Å²) in [5.74, 6) is -1.76. The summed E-state index contributed by atoms with van der Waals surface area (Å²) in [5, 5.41) is 0.392. The van der Waals surface area contributed by atoms with Gasteiger partial charge in [0.25, 0.3) is 0 Å². The Morgan fingerprint density at radius 1 is 1.26 bits per heavy atom. The number of nitrogens with one attached hydrogen (secondary N) is 1. The first-order chi connectivity index (χ1) is 8.80. The summed E-state index contributed by atoms with van der Waals surface area (Å²) in [5.41, 5.74) is -0.711. The van der Waals surface area contributed by atoms with E-state index in [1.165, 1.54) is 0 Å². The monoisotopic (exact) mass is 355 g/mol. The Labute approximate surface area is 120 Å². The standard InChI is InChI=1S/C12H16BrF2NO2S/c1-3-12(4-2,8-13)16-19(17,18)11-7-9(14)5-6-10(11)15/h5-7,16H,3-4,8H2,1-2H3. The summed E-state index contributed by atoms with van der Waals surface area (Å²) < 4.78 is 53.4. The van der Waals surface area contributed by atoms with Crippen LogP contribution in [0.2, 0.25) is 0 Å². The van der Waals surface area contributed by atoms with Crippen molar-refractivity contribution >= 4 is 26.0 Å². The molecule has 0 amide bonds. The van der Waals surface area contributed by atoms with Crippen molar-refractivity contribution in [3.63, 3.8) is 0 Å². The minimum atomic E-state index is -4.10. The van der Waals surface area contributed by atoms with Crippen molar-refractivity contribution in [1.29, 1.82) is 0 Å². The molecule has 0 atom stereocenters. The molecule has 0 saturated heterocycles. The maximum Gasteiger partial charge on any atom is 0.244 e. The minimum Gasteiger partial charge on any atom is -0.207 e. The van der Waals surface area contributed by atoms with Crippen LogP contribution in [0.15, 0.2) is 23.1 Å². The van der Waals surface area contributed by atoms with Crippen molar-refractivity contribution < 1.29 is 17.2 Å². The zero-order chi connectivity index (χ0) is 14.7. The Bertz CT molecular complexity index is 536. The molecule has 0 unspecified atom stereocenters. The number of hydrogen-bond acceptors (Lipinski definition) is 2. The lowest BCUT2D eigenvalue weighted by Gasteiger charge is -2.30. The molecule has 0 fully saturated rings. The van der Waals surface area contributed by atoms with Crippen LogP contribution >= 0.6 is 15.9 Å². The summed E-state index contributed by atoms with van der Waals surface area (Å²) in [4.78, 5) is -0.667. The van der Waals surface area contributed by atoms with Gasteiger partial charge in [0.1, 0.15) is 16.5 Å². The molecule has 1 rings (SSSR count). The van der Waals surface area contributed by atoms with Gasteiger partial charge < -0.3 is 0 Å². The molecular formula is C12H16BrF2NO2S. The Morgan fingerprint density at radius 3 is 2.32 bits per heavy atom. The highest BCUT2D eigenvalue weighted by Gasteiger charge is 2.32. The first-order valence-electron chi connectivity index (χ1n) is 5.85. The first kappa shape index (κ1) is 16.5. The van der Waals surface area contributed by atoms with E-state index in [4.69, 9.17) is 0 Å². The second kappa shape index (κ2) is 6.28. The van der Waals surface area contributed by atoms with Crippen LogP contribution in [0.5, 0.6) is 0 Å². The van der Waals surface area contributed by atoms with Crippen LogP contribution in [0, 0.1) is 11.6 Å². The molecule has 0 aromatic heterocycles. The average Bonchev–Trinajstić information content (AvgIpc) is 2.39. The van der Waals surface area contributed by atoms with E-state index in [-0.39, 0.29) is 0 Å². The van der Waals surface area contributed by atoms with E-state index in [0.717, 1.165) is 12.1 Å². The van der Waals surface area contributed by atoms with Gasteiger partial charge in [-0.1, -0.05) is 29.8 Å². The fraction of sp³-hybridized carbons (Fsp3) is 0.500. The third kappa shape index (κ3) is 3.73. The molecule has 1 aromatic rings. The molecular weight excluding hydrogens is 340 g/mol. The summed E-state index contributed by atoms with van der Waals surface area (Å²) >= 11 is 3.26. The third-order valence-corrected chi connectivity index (χ3v) is 5.81. The molecule has 0 aliphatic heterocycles. The summed E-state index contributed by atoms with van der Waals surface area (Å²) in [6.45, 7) is 3.66. The molecule has 0 radical (unpaired) electrons. The maximum absolute atomic E-state index is 13.6. The van der Waals surface area contributed by atoms with Crippen molar-refractivity contribution in [2.24, 2.45) is 0 Å². The van der Waals surface area contributed by atoms with Gasteiger partial charge in [-0.05, 0) is 31.0 Å². The fourth-order valence-electron chi connectivity index (χ4n) is 1.63. The number of rotatable bonds is 6. The molecule has 0 saturated carbocycles. The lowest BCUT2D eigenvalue weighted by molar-refractivity contribution is 0.397. The largest absolute Gasteiger partial charge is 0.244 e. The molecule has 7 heteroatoms. The third-order valence-electron chi connectivity index (χ3n) is 3.14. The Hall–Kier alpha value is -0.530. The zero-order valence-corrected chi connectivity index (χ0v) is 13.1. The van der Waals surface area contributed by atoms with E-state index < -0.39 is 32.1 Å². The highest BCUT2D eigenvalue weighted by molar-refractivity contribution is 9.09. The van der Waals surface area contributed by atoms with Gasteiger partial charge in [-0.15, -0.1) is 0 Å². The number of halogens is 3. The van der Waals surface area contributed by atoms with Crippen LogP contribution in [0.1, 0.15) is 26.7 Å². The lowest BCUT2D eigenvalue weighted by Crippen LogP contribution is -2.49. The van der Waals surface area contributed by atoms with Crippen molar-refractivity contribution in [2.45, 2.75) is 37.1 Å². The minimum absolute atomic E-state index is 0.392. The number of alkyl halides is 1. The molecule has 108 valence electrons. The molecule has 0 aliphatic carbocycles. The molecule has 0 spiro atoms. The predicted octanol–water partition coefficient (Wildman–Crippen LogP) is 3.20. The molecule has 3 nitrogen and oxygen atoms in total. The van der Waals surface area contributed by atoms with E-state index >= 15 is 0 Å². The normalized spacial score (nSPS) is 12.7. The zero-order valence-electron chi connectivity index (χ0n) is 10.7. The molecule has 1 N–H and O–H groups in total. The summed E-state index contributed by atoms with van der Waals surface area (Å²) in [6, 6.07) is 2.37. The molecule has 0 aliphatic rings. The fourth-order valence-corrected chi connectivity index (χ4v) is 4.39. The summed E-state index contributed by atoms with van der Waals surface area (Å²) in [7, 11) is -4.10. The van der Waals surface area contributed by atoms with Gasteiger partial charge in [-0.2, -0.15) is 0 Å². The van der Waals surface area contributed by atoms with Gasteiger partial charge in [0, 0.05) is 10.9 Å². The van der Waals surface area contributed by atoms with Crippen LogP contribution in [-0.4, -0.2) is 19.3 Å². The van der Waals surface area contributed by atoms with E-state index in [2.05, 4.69) is 20.7 Å². The topological polar surface area (TPSA) is 46.2 Å². The van der Waals surface area contributed by atoms with Gasteiger partial charge in [-0.25, -0.2) is 21.9 Å². The maximum atomic E-state index is 13.6. The van der Waals surface area contributed by atoms with E-state index in [1.54, 1.807) is 0 Å². The van der Waals surface area contributed by atoms with Crippen LogP contribution in [-0.2, 0) is 10.0 Å². The van der Waals surface area contributed by atoms with Gasteiger partial charge in [0.2, 0.25) is 10.0 Å². The smallest absolute Gasteiger partial charge is 0.207 e. The van der Waals surface area contributed by atoms with Gasteiger partial charge in [0.05, 0.1) is 0 Å². The molecule has 0 bridgehead atoms.